The van der Waals surface area contributed by atoms with Crippen molar-refractivity contribution in [2.75, 3.05) is 5.32 Å². The van der Waals surface area contributed by atoms with Gasteiger partial charge in [0.25, 0.3) is 0 Å². The Hall–Kier alpha value is -1.79. The summed E-state index contributed by atoms with van der Waals surface area (Å²) < 4.78 is 1.09. The third kappa shape index (κ3) is 3.85. The van der Waals surface area contributed by atoms with Gasteiger partial charge < -0.3 is 5.32 Å². The summed E-state index contributed by atoms with van der Waals surface area (Å²) in [6.07, 6.45) is 1.48. The van der Waals surface area contributed by atoms with Crippen LogP contribution in [0, 0.1) is 11.3 Å². The molecule has 0 spiro atoms. The summed E-state index contributed by atoms with van der Waals surface area (Å²) in [7, 11) is 0. The van der Waals surface area contributed by atoms with Crippen LogP contribution < -0.4 is 5.32 Å². The van der Waals surface area contributed by atoms with Crippen molar-refractivity contribution in [1.82, 2.24) is 0 Å². The van der Waals surface area contributed by atoms with E-state index in [-0.39, 0.29) is 0 Å². The Morgan fingerprint density at radius 3 is 2.30 bits per heavy atom. The van der Waals surface area contributed by atoms with Gasteiger partial charge in [0.15, 0.2) is 0 Å². The maximum Gasteiger partial charge on any atom is 0.0669 e. The highest BCUT2D eigenvalue weighted by molar-refractivity contribution is 9.10. The molecule has 0 aromatic heterocycles. The molecule has 2 aromatic rings. The van der Waals surface area contributed by atoms with E-state index in [4.69, 9.17) is 5.26 Å². The zero-order valence-electron chi connectivity index (χ0n) is 11.4. The number of hydrogen-bond donors (Lipinski definition) is 1. The number of hydrogen-bond acceptors (Lipinski definition) is 2. The average molecular weight is 329 g/mol. The lowest BCUT2D eigenvalue weighted by Crippen LogP contribution is -2.09. The molecule has 0 aliphatic carbocycles. The zero-order chi connectivity index (χ0) is 14.4. The van der Waals surface area contributed by atoms with Crippen LogP contribution in [0.1, 0.15) is 30.5 Å². The molecule has 0 saturated carbocycles. The molecule has 0 amide bonds. The largest absolute Gasteiger partial charge is 0.378 e. The highest BCUT2D eigenvalue weighted by atomic mass is 79.9. The first-order valence-corrected chi connectivity index (χ1v) is 7.50. The molecule has 0 bridgehead atoms. The van der Waals surface area contributed by atoms with E-state index >= 15 is 0 Å². The summed E-state index contributed by atoms with van der Waals surface area (Å²) in [6.45, 7) is 2.17. The average Bonchev–Trinajstić information content (AvgIpc) is 2.48. The van der Waals surface area contributed by atoms with Crippen LogP contribution in [0.25, 0.3) is 0 Å². The minimum atomic E-state index is 0.296. The fraction of sp³-hybridized carbons (Fsp3) is 0.235. The van der Waals surface area contributed by atoms with E-state index in [0.717, 1.165) is 22.1 Å². The molecule has 2 nitrogen and oxygen atoms in total. The molecule has 2 aromatic carbocycles. The SMILES string of the molecule is CCC(Nc1ccc(CC#N)cc1)c1ccc(Br)cc1. The molecular weight excluding hydrogens is 312 g/mol. The third-order valence-corrected chi connectivity index (χ3v) is 3.79. The lowest BCUT2D eigenvalue weighted by Gasteiger charge is -2.19. The van der Waals surface area contributed by atoms with Crippen LogP contribution in [0.2, 0.25) is 0 Å². The molecular formula is C17H17BrN2. The molecule has 2 rings (SSSR count). The number of nitrogens with zero attached hydrogens (tertiary/aromatic N) is 1. The summed E-state index contributed by atoms with van der Waals surface area (Å²) >= 11 is 3.46. The van der Waals surface area contributed by atoms with Crippen LogP contribution >= 0.6 is 15.9 Å². The second-order valence-electron chi connectivity index (χ2n) is 4.69. The molecule has 0 fully saturated rings. The second-order valence-corrected chi connectivity index (χ2v) is 5.60. The molecule has 0 heterocycles. The lowest BCUT2D eigenvalue weighted by molar-refractivity contribution is 0.749. The van der Waals surface area contributed by atoms with E-state index in [1.807, 2.05) is 24.3 Å². The first-order chi connectivity index (χ1) is 9.72. The molecule has 3 heteroatoms. The van der Waals surface area contributed by atoms with Crippen molar-refractivity contribution in [3.63, 3.8) is 0 Å². The van der Waals surface area contributed by atoms with Gasteiger partial charge >= 0.3 is 0 Å². The van der Waals surface area contributed by atoms with Gasteiger partial charge in [-0.05, 0) is 41.8 Å². The maximum atomic E-state index is 8.67. The Balaban J connectivity index is 2.10. The molecule has 0 aliphatic heterocycles. The summed E-state index contributed by atoms with van der Waals surface area (Å²) in [6, 6.07) is 18.9. The summed E-state index contributed by atoms with van der Waals surface area (Å²) in [5.74, 6) is 0. The van der Waals surface area contributed by atoms with Gasteiger partial charge in [0.1, 0.15) is 0 Å². The van der Waals surface area contributed by atoms with Crippen LogP contribution in [-0.2, 0) is 6.42 Å². The Labute approximate surface area is 128 Å². The highest BCUT2D eigenvalue weighted by Gasteiger charge is 2.08. The predicted octanol–water partition coefficient (Wildman–Crippen LogP) is 5.08. The quantitative estimate of drug-likeness (QED) is 0.830. The molecule has 1 unspecified atom stereocenters. The van der Waals surface area contributed by atoms with E-state index in [0.29, 0.717) is 12.5 Å². The third-order valence-electron chi connectivity index (χ3n) is 3.26. The second kappa shape index (κ2) is 7.12. The molecule has 20 heavy (non-hydrogen) atoms. The Morgan fingerprint density at radius 2 is 1.75 bits per heavy atom. The molecule has 0 saturated heterocycles. The topological polar surface area (TPSA) is 35.8 Å². The molecule has 102 valence electrons. The van der Waals surface area contributed by atoms with Crippen molar-refractivity contribution in [3.8, 4) is 6.07 Å². The van der Waals surface area contributed by atoms with Crippen molar-refractivity contribution < 1.29 is 0 Å². The van der Waals surface area contributed by atoms with E-state index in [9.17, 15) is 0 Å². The summed E-state index contributed by atoms with van der Waals surface area (Å²) in [5, 5.41) is 12.2. The smallest absolute Gasteiger partial charge is 0.0669 e. The van der Waals surface area contributed by atoms with Crippen molar-refractivity contribution in [2.24, 2.45) is 0 Å². The number of benzene rings is 2. The van der Waals surface area contributed by atoms with E-state index in [1.54, 1.807) is 0 Å². The maximum absolute atomic E-state index is 8.67. The molecule has 0 aliphatic rings. The van der Waals surface area contributed by atoms with Gasteiger partial charge in [0.05, 0.1) is 18.5 Å². The van der Waals surface area contributed by atoms with Gasteiger partial charge in [-0.2, -0.15) is 5.26 Å². The lowest BCUT2D eigenvalue weighted by atomic mass is 10.0. The summed E-state index contributed by atoms with van der Waals surface area (Å²) in [5.41, 5.74) is 3.41. The number of nitrogens with one attached hydrogen (secondary N) is 1. The van der Waals surface area contributed by atoms with Crippen molar-refractivity contribution >= 4 is 21.6 Å². The Kier molecular flexibility index (Phi) is 5.20. The van der Waals surface area contributed by atoms with Crippen molar-refractivity contribution in [1.29, 1.82) is 5.26 Å². The van der Waals surface area contributed by atoms with E-state index in [1.165, 1.54) is 5.56 Å². The minimum Gasteiger partial charge on any atom is -0.378 e. The fourth-order valence-electron chi connectivity index (χ4n) is 2.13. The van der Waals surface area contributed by atoms with Crippen LogP contribution in [0.5, 0.6) is 0 Å². The number of rotatable bonds is 5. The van der Waals surface area contributed by atoms with Crippen LogP contribution in [0.4, 0.5) is 5.69 Å². The van der Waals surface area contributed by atoms with E-state index < -0.39 is 0 Å². The van der Waals surface area contributed by atoms with Gasteiger partial charge in [-0.3, -0.25) is 0 Å². The number of halogens is 1. The Bertz CT molecular complexity index is 582. The molecule has 1 N–H and O–H groups in total. The van der Waals surface area contributed by atoms with Crippen LogP contribution in [-0.4, -0.2) is 0 Å². The van der Waals surface area contributed by atoms with Gasteiger partial charge in [-0.15, -0.1) is 0 Å². The van der Waals surface area contributed by atoms with Crippen molar-refractivity contribution in [2.45, 2.75) is 25.8 Å². The van der Waals surface area contributed by atoms with Gasteiger partial charge in [-0.1, -0.05) is 47.1 Å². The number of nitriles is 1. The van der Waals surface area contributed by atoms with Crippen molar-refractivity contribution in [3.05, 3.63) is 64.1 Å². The van der Waals surface area contributed by atoms with Gasteiger partial charge in [0, 0.05) is 10.2 Å². The standard InChI is InChI=1S/C17H17BrN2/c1-2-17(14-5-7-15(18)8-6-14)20-16-9-3-13(4-10-16)11-12-19/h3-10,17,20H,2,11H2,1H3. The van der Waals surface area contributed by atoms with E-state index in [2.05, 4.69) is 58.5 Å². The fourth-order valence-corrected chi connectivity index (χ4v) is 2.39. The number of anilines is 1. The highest BCUT2D eigenvalue weighted by Crippen LogP contribution is 2.24. The predicted molar refractivity (Wildman–Crippen MR) is 86.6 cm³/mol. The van der Waals surface area contributed by atoms with Crippen LogP contribution in [0.3, 0.4) is 0 Å². The van der Waals surface area contributed by atoms with Gasteiger partial charge in [0.2, 0.25) is 0 Å². The first kappa shape index (κ1) is 14.6. The van der Waals surface area contributed by atoms with Crippen LogP contribution in [0.15, 0.2) is 53.0 Å². The first-order valence-electron chi connectivity index (χ1n) is 6.71. The monoisotopic (exact) mass is 328 g/mol. The Morgan fingerprint density at radius 1 is 1.10 bits per heavy atom. The molecule has 1 atom stereocenters. The minimum absolute atomic E-state index is 0.296. The normalized spacial score (nSPS) is 11.7. The van der Waals surface area contributed by atoms with Gasteiger partial charge in [-0.25, -0.2) is 0 Å². The molecule has 0 radical (unpaired) electrons. The summed E-state index contributed by atoms with van der Waals surface area (Å²) in [4.78, 5) is 0. The zero-order valence-corrected chi connectivity index (χ0v) is 13.0.